The number of nitrogens with zero attached hydrogens (tertiary/aromatic N) is 2. The van der Waals surface area contributed by atoms with Gasteiger partial charge >= 0.3 is 0 Å². The summed E-state index contributed by atoms with van der Waals surface area (Å²) in [6, 6.07) is 74.1. The lowest BCUT2D eigenvalue weighted by molar-refractivity contribution is 1.10. The van der Waals surface area contributed by atoms with Crippen LogP contribution in [0.15, 0.2) is 206 Å². The SMILES string of the molecule is c1ccc(-c2ccc3c(-c4ccccc4)c4cc(-c5ccc(-n6c(-c7ccccc7)nc7ccccc76)cc5)ccc4c(-c4ccccc4)c3c2)cc1. The predicted octanol–water partition coefficient (Wildman–Crippen LogP) is 13.7. The molecule has 1 aromatic heterocycles. The van der Waals surface area contributed by atoms with Crippen LogP contribution in [0.3, 0.4) is 0 Å². The van der Waals surface area contributed by atoms with Crippen molar-refractivity contribution in [3.63, 3.8) is 0 Å². The number of hydrogen-bond donors (Lipinski definition) is 0. The summed E-state index contributed by atoms with van der Waals surface area (Å²) in [6.45, 7) is 0. The number of para-hydroxylation sites is 2. The van der Waals surface area contributed by atoms with Gasteiger partial charge in [0.15, 0.2) is 0 Å². The first-order valence-electron chi connectivity index (χ1n) is 18.1. The first-order chi connectivity index (χ1) is 26.3. The maximum Gasteiger partial charge on any atom is 0.145 e. The number of imidazole rings is 1. The van der Waals surface area contributed by atoms with E-state index in [-0.39, 0.29) is 0 Å². The molecule has 2 nitrogen and oxygen atoms in total. The standard InChI is InChI=1S/C51H34N2/c1-5-15-35(16-6-1)40-27-31-43-45(33-40)49(37-17-7-2-8-18-37)44-32-28-41(34-46(44)50(43)38-19-9-3-10-20-38)36-25-29-42(30-26-36)53-48-24-14-13-23-47(48)52-51(53)39-21-11-4-12-22-39/h1-34H. The molecule has 0 fully saturated rings. The molecule has 0 radical (unpaired) electrons. The molecule has 0 spiro atoms. The Morgan fingerprint density at radius 3 is 1.25 bits per heavy atom. The summed E-state index contributed by atoms with van der Waals surface area (Å²) in [5.41, 5.74) is 14.0. The van der Waals surface area contributed by atoms with Gasteiger partial charge < -0.3 is 0 Å². The molecular formula is C51H34N2. The average Bonchev–Trinajstić information content (AvgIpc) is 3.63. The summed E-state index contributed by atoms with van der Waals surface area (Å²) in [6.07, 6.45) is 0. The fourth-order valence-electron chi connectivity index (χ4n) is 7.92. The molecule has 0 unspecified atom stereocenters. The minimum atomic E-state index is 0.938. The first kappa shape index (κ1) is 30.8. The summed E-state index contributed by atoms with van der Waals surface area (Å²) in [5, 5.41) is 4.98. The van der Waals surface area contributed by atoms with Crippen LogP contribution in [0, 0.1) is 0 Å². The van der Waals surface area contributed by atoms with Crippen molar-refractivity contribution in [2.45, 2.75) is 0 Å². The zero-order chi connectivity index (χ0) is 35.1. The predicted molar refractivity (Wildman–Crippen MR) is 223 cm³/mol. The van der Waals surface area contributed by atoms with Crippen LogP contribution in [0.5, 0.6) is 0 Å². The topological polar surface area (TPSA) is 17.8 Å². The molecular weight excluding hydrogens is 641 g/mol. The summed E-state index contributed by atoms with van der Waals surface area (Å²) < 4.78 is 2.27. The Labute approximate surface area is 308 Å². The van der Waals surface area contributed by atoms with E-state index in [9.17, 15) is 0 Å². The molecule has 0 amide bonds. The van der Waals surface area contributed by atoms with E-state index < -0.39 is 0 Å². The Morgan fingerprint density at radius 1 is 0.302 bits per heavy atom. The highest BCUT2D eigenvalue weighted by atomic mass is 15.1. The zero-order valence-electron chi connectivity index (χ0n) is 29.0. The van der Waals surface area contributed by atoms with Gasteiger partial charge in [0.05, 0.1) is 11.0 Å². The van der Waals surface area contributed by atoms with E-state index in [1.807, 2.05) is 6.07 Å². The van der Waals surface area contributed by atoms with Gasteiger partial charge in [-0.15, -0.1) is 0 Å². The quantitative estimate of drug-likeness (QED) is 0.161. The zero-order valence-corrected chi connectivity index (χ0v) is 29.0. The van der Waals surface area contributed by atoms with E-state index in [2.05, 4.69) is 205 Å². The van der Waals surface area contributed by atoms with Crippen LogP contribution in [0.25, 0.3) is 94.2 Å². The number of aromatic nitrogens is 2. The summed E-state index contributed by atoms with van der Waals surface area (Å²) in [5.74, 6) is 0.938. The Balaban J connectivity index is 1.18. The molecule has 0 N–H and O–H groups in total. The van der Waals surface area contributed by atoms with Gasteiger partial charge in [-0.2, -0.15) is 0 Å². The van der Waals surface area contributed by atoms with Gasteiger partial charge in [0.2, 0.25) is 0 Å². The Kier molecular flexibility index (Phi) is 7.51. The summed E-state index contributed by atoms with van der Waals surface area (Å²) in [7, 11) is 0. The third kappa shape index (κ3) is 5.40. The molecule has 9 aromatic carbocycles. The third-order valence-electron chi connectivity index (χ3n) is 10.4. The second kappa shape index (κ2) is 12.9. The average molecular weight is 675 g/mol. The van der Waals surface area contributed by atoms with Crippen molar-refractivity contribution in [2.75, 3.05) is 0 Å². The minimum absolute atomic E-state index is 0.938. The minimum Gasteiger partial charge on any atom is -0.292 e. The van der Waals surface area contributed by atoms with Crippen LogP contribution in [-0.4, -0.2) is 9.55 Å². The van der Waals surface area contributed by atoms with Crippen LogP contribution < -0.4 is 0 Å². The van der Waals surface area contributed by atoms with Crippen molar-refractivity contribution in [1.29, 1.82) is 0 Å². The molecule has 10 rings (SSSR count). The van der Waals surface area contributed by atoms with E-state index in [1.165, 1.54) is 66.1 Å². The number of hydrogen-bond acceptors (Lipinski definition) is 1. The lowest BCUT2D eigenvalue weighted by atomic mass is 9.84. The second-order valence-corrected chi connectivity index (χ2v) is 13.5. The molecule has 248 valence electrons. The molecule has 10 aromatic rings. The van der Waals surface area contributed by atoms with Crippen molar-refractivity contribution in [3.8, 4) is 61.6 Å². The lowest BCUT2D eigenvalue weighted by Gasteiger charge is -2.20. The molecule has 0 aliphatic carbocycles. The van der Waals surface area contributed by atoms with Gasteiger partial charge in [-0.1, -0.05) is 170 Å². The molecule has 0 saturated heterocycles. The number of benzene rings is 9. The third-order valence-corrected chi connectivity index (χ3v) is 10.4. The van der Waals surface area contributed by atoms with Gasteiger partial charge in [0.1, 0.15) is 5.82 Å². The maximum absolute atomic E-state index is 5.06. The van der Waals surface area contributed by atoms with Crippen molar-refractivity contribution >= 4 is 32.6 Å². The van der Waals surface area contributed by atoms with Crippen LogP contribution in [0.4, 0.5) is 0 Å². The molecule has 0 bridgehead atoms. The molecule has 0 aliphatic rings. The van der Waals surface area contributed by atoms with Crippen molar-refractivity contribution in [2.24, 2.45) is 0 Å². The smallest absolute Gasteiger partial charge is 0.145 e. The summed E-state index contributed by atoms with van der Waals surface area (Å²) >= 11 is 0. The molecule has 1 heterocycles. The monoisotopic (exact) mass is 674 g/mol. The van der Waals surface area contributed by atoms with Crippen molar-refractivity contribution in [1.82, 2.24) is 9.55 Å². The van der Waals surface area contributed by atoms with E-state index in [0.717, 1.165) is 28.1 Å². The summed E-state index contributed by atoms with van der Waals surface area (Å²) in [4.78, 5) is 5.06. The number of fused-ring (bicyclic) bond motifs is 3. The Morgan fingerprint density at radius 2 is 0.717 bits per heavy atom. The molecule has 0 saturated carbocycles. The molecule has 0 atom stereocenters. The second-order valence-electron chi connectivity index (χ2n) is 13.5. The normalized spacial score (nSPS) is 11.4. The number of rotatable bonds is 6. The van der Waals surface area contributed by atoms with Gasteiger partial charge in [0.25, 0.3) is 0 Å². The maximum atomic E-state index is 5.06. The highest BCUT2D eigenvalue weighted by Crippen LogP contribution is 2.46. The van der Waals surface area contributed by atoms with Gasteiger partial charge in [-0.05, 0) is 102 Å². The highest BCUT2D eigenvalue weighted by molar-refractivity contribution is 6.22. The van der Waals surface area contributed by atoms with Crippen LogP contribution in [-0.2, 0) is 0 Å². The van der Waals surface area contributed by atoms with Crippen LogP contribution in [0.1, 0.15) is 0 Å². The lowest BCUT2D eigenvalue weighted by Crippen LogP contribution is -1.97. The Bertz CT molecular complexity index is 2890. The molecule has 0 aliphatic heterocycles. The molecule has 2 heteroatoms. The first-order valence-corrected chi connectivity index (χ1v) is 18.1. The van der Waals surface area contributed by atoms with Crippen molar-refractivity contribution in [3.05, 3.63) is 206 Å². The largest absolute Gasteiger partial charge is 0.292 e. The van der Waals surface area contributed by atoms with E-state index >= 15 is 0 Å². The highest BCUT2D eigenvalue weighted by Gasteiger charge is 2.19. The van der Waals surface area contributed by atoms with Crippen molar-refractivity contribution < 1.29 is 0 Å². The van der Waals surface area contributed by atoms with Gasteiger partial charge in [-0.3, -0.25) is 4.57 Å². The molecule has 53 heavy (non-hydrogen) atoms. The Hall–Kier alpha value is -7.03. The van der Waals surface area contributed by atoms with E-state index in [0.29, 0.717) is 0 Å². The van der Waals surface area contributed by atoms with E-state index in [1.54, 1.807) is 0 Å². The fourth-order valence-corrected chi connectivity index (χ4v) is 7.92. The fraction of sp³-hybridized carbons (Fsp3) is 0. The van der Waals surface area contributed by atoms with Gasteiger partial charge in [-0.25, -0.2) is 4.98 Å². The van der Waals surface area contributed by atoms with Crippen LogP contribution >= 0.6 is 0 Å². The van der Waals surface area contributed by atoms with Gasteiger partial charge in [0, 0.05) is 11.3 Å². The van der Waals surface area contributed by atoms with Crippen LogP contribution in [0.2, 0.25) is 0 Å². The van der Waals surface area contributed by atoms with E-state index in [4.69, 9.17) is 4.98 Å².